The summed E-state index contributed by atoms with van der Waals surface area (Å²) in [6, 6.07) is 8.10. The van der Waals surface area contributed by atoms with Crippen LogP contribution in [0.2, 0.25) is 0 Å². The van der Waals surface area contributed by atoms with Crippen LogP contribution in [0.25, 0.3) is 0 Å². The second kappa shape index (κ2) is 6.10. The van der Waals surface area contributed by atoms with Gasteiger partial charge in [-0.05, 0) is 24.3 Å². The molecule has 0 aromatic heterocycles. The van der Waals surface area contributed by atoms with Crippen molar-refractivity contribution in [2.75, 3.05) is 11.8 Å². The van der Waals surface area contributed by atoms with Crippen LogP contribution in [0.1, 0.15) is 10.4 Å². The van der Waals surface area contributed by atoms with Crippen LogP contribution in [0.3, 0.4) is 0 Å². The number of hydrogen-bond donors (Lipinski definition) is 1. The van der Waals surface area contributed by atoms with E-state index in [1.54, 1.807) is 4.72 Å². The maximum atomic E-state index is 13.6. The molecule has 0 unspecified atom stereocenters. The molecule has 0 atom stereocenters. The lowest BCUT2D eigenvalue weighted by molar-refractivity contribution is 0.0596. The van der Waals surface area contributed by atoms with Gasteiger partial charge in [0.1, 0.15) is 22.2 Å². The monoisotopic (exact) mass is 327 g/mol. The fourth-order valence-corrected chi connectivity index (χ4v) is 3.04. The number of esters is 1. The van der Waals surface area contributed by atoms with Crippen LogP contribution in [-0.4, -0.2) is 21.5 Å². The smallest absolute Gasteiger partial charge is 0.339 e. The molecular weight excluding hydrogens is 316 g/mol. The highest BCUT2D eigenvalue weighted by Gasteiger charge is 2.24. The first-order valence-corrected chi connectivity index (χ1v) is 7.49. The zero-order chi connectivity index (χ0) is 16.3. The number of rotatable bonds is 4. The average Bonchev–Trinajstić information content (AvgIpc) is 2.50. The SMILES string of the molecule is COC(=O)c1ccccc1S(=O)(=O)Nc1c(F)cccc1F. The Morgan fingerprint density at radius 1 is 1.05 bits per heavy atom. The number of hydrogen-bond acceptors (Lipinski definition) is 4. The Hall–Kier alpha value is -2.48. The highest BCUT2D eigenvalue weighted by Crippen LogP contribution is 2.24. The van der Waals surface area contributed by atoms with E-state index in [0.29, 0.717) is 0 Å². The highest BCUT2D eigenvalue weighted by atomic mass is 32.2. The first-order valence-electron chi connectivity index (χ1n) is 6.01. The van der Waals surface area contributed by atoms with Crippen molar-refractivity contribution < 1.29 is 26.7 Å². The molecule has 116 valence electrons. The van der Waals surface area contributed by atoms with Gasteiger partial charge in [-0.1, -0.05) is 18.2 Å². The number of benzene rings is 2. The summed E-state index contributed by atoms with van der Waals surface area (Å²) in [6.07, 6.45) is 0. The van der Waals surface area contributed by atoms with Crippen molar-refractivity contribution in [1.29, 1.82) is 0 Å². The van der Waals surface area contributed by atoms with E-state index in [9.17, 15) is 22.0 Å². The van der Waals surface area contributed by atoms with Crippen molar-refractivity contribution >= 4 is 21.7 Å². The van der Waals surface area contributed by atoms with Gasteiger partial charge in [-0.25, -0.2) is 22.0 Å². The van der Waals surface area contributed by atoms with E-state index in [1.165, 1.54) is 18.2 Å². The summed E-state index contributed by atoms with van der Waals surface area (Å²) in [6.45, 7) is 0. The molecule has 0 amide bonds. The normalized spacial score (nSPS) is 11.0. The predicted molar refractivity (Wildman–Crippen MR) is 74.9 cm³/mol. The van der Waals surface area contributed by atoms with Crippen LogP contribution < -0.4 is 4.72 Å². The quantitative estimate of drug-likeness (QED) is 0.876. The molecule has 0 radical (unpaired) electrons. The molecule has 0 bridgehead atoms. The first-order chi connectivity index (χ1) is 10.4. The zero-order valence-electron chi connectivity index (χ0n) is 11.3. The number of carbonyl (C=O) groups is 1. The molecule has 0 aliphatic rings. The highest BCUT2D eigenvalue weighted by molar-refractivity contribution is 7.92. The Morgan fingerprint density at radius 3 is 2.23 bits per heavy atom. The second-order valence-corrected chi connectivity index (χ2v) is 5.84. The van der Waals surface area contributed by atoms with Gasteiger partial charge in [0.25, 0.3) is 10.0 Å². The molecule has 0 aliphatic carbocycles. The number of halogens is 2. The third kappa shape index (κ3) is 3.06. The molecular formula is C14H11F2NO4S. The summed E-state index contributed by atoms with van der Waals surface area (Å²) in [7, 11) is -3.28. The van der Waals surface area contributed by atoms with Gasteiger partial charge in [0, 0.05) is 0 Å². The molecule has 1 N–H and O–H groups in total. The van der Waals surface area contributed by atoms with Crippen molar-refractivity contribution in [3.05, 3.63) is 59.7 Å². The molecule has 0 saturated carbocycles. The summed E-state index contributed by atoms with van der Waals surface area (Å²) < 4.78 is 58.0. The number of nitrogens with one attached hydrogen (secondary N) is 1. The van der Waals surface area contributed by atoms with Crippen molar-refractivity contribution in [2.24, 2.45) is 0 Å². The minimum Gasteiger partial charge on any atom is -0.465 e. The Bertz CT molecular complexity index is 801. The average molecular weight is 327 g/mol. The molecule has 0 aliphatic heterocycles. The largest absolute Gasteiger partial charge is 0.465 e. The number of sulfonamides is 1. The summed E-state index contributed by atoms with van der Waals surface area (Å²) in [5, 5.41) is 0. The molecule has 0 heterocycles. The van der Waals surface area contributed by atoms with E-state index >= 15 is 0 Å². The summed E-state index contributed by atoms with van der Waals surface area (Å²) in [5.74, 6) is -3.02. The van der Waals surface area contributed by atoms with Gasteiger partial charge in [0.15, 0.2) is 0 Å². The molecule has 2 aromatic rings. The number of anilines is 1. The predicted octanol–water partition coefficient (Wildman–Crippen LogP) is 2.55. The molecule has 5 nitrogen and oxygen atoms in total. The van der Waals surface area contributed by atoms with Gasteiger partial charge in [-0.3, -0.25) is 4.72 Å². The molecule has 8 heteroatoms. The number of ether oxygens (including phenoxy) is 1. The number of methoxy groups -OCH3 is 1. The van der Waals surface area contributed by atoms with Gasteiger partial charge in [-0.2, -0.15) is 0 Å². The van der Waals surface area contributed by atoms with Crippen molar-refractivity contribution in [3.8, 4) is 0 Å². The van der Waals surface area contributed by atoms with Crippen LogP contribution in [0.4, 0.5) is 14.5 Å². The van der Waals surface area contributed by atoms with Crippen molar-refractivity contribution in [2.45, 2.75) is 4.90 Å². The minimum atomic E-state index is -4.37. The molecule has 0 spiro atoms. The van der Waals surface area contributed by atoms with Crippen LogP contribution in [0, 0.1) is 11.6 Å². The van der Waals surface area contributed by atoms with Gasteiger partial charge >= 0.3 is 5.97 Å². The second-order valence-electron chi connectivity index (χ2n) is 4.19. The third-order valence-corrected chi connectivity index (χ3v) is 4.19. The minimum absolute atomic E-state index is 0.241. The van der Waals surface area contributed by atoms with E-state index in [-0.39, 0.29) is 5.56 Å². The maximum Gasteiger partial charge on any atom is 0.339 e. The summed E-state index contributed by atoms with van der Waals surface area (Å²) in [4.78, 5) is 11.2. The lowest BCUT2D eigenvalue weighted by Gasteiger charge is -2.12. The van der Waals surface area contributed by atoms with Crippen LogP contribution >= 0.6 is 0 Å². The first kappa shape index (κ1) is 15.9. The van der Waals surface area contributed by atoms with E-state index < -0.39 is 38.2 Å². The van der Waals surface area contributed by atoms with E-state index in [4.69, 9.17) is 0 Å². The van der Waals surface area contributed by atoms with Crippen LogP contribution in [0.5, 0.6) is 0 Å². The van der Waals surface area contributed by atoms with Gasteiger partial charge in [0.05, 0.1) is 12.7 Å². The van der Waals surface area contributed by atoms with E-state index in [2.05, 4.69) is 4.74 Å². The lowest BCUT2D eigenvalue weighted by Crippen LogP contribution is -2.18. The maximum absolute atomic E-state index is 13.6. The molecule has 0 fully saturated rings. The molecule has 2 aromatic carbocycles. The van der Waals surface area contributed by atoms with E-state index in [0.717, 1.165) is 31.4 Å². The Balaban J connectivity index is 2.51. The zero-order valence-corrected chi connectivity index (χ0v) is 12.2. The summed E-state index contributed by atoms with van der Waals surface area (Å²) in [5.41, 5.74) is -1.06. The fourth-order valence-electron chi connectivity index (χ4n) is 1.76. The van der Waals surface area contributed by atoms with Gasteiger partial charge < -0.3 is 4.74 Å². The van der Waals surface area contributed by atoms with Crippen LogP contribution in [0.15, 0.2) is 47.4 Å². The van der Waals surface area contributed by atoms with E-state index in [1.807, 2.05) is 0 Å². The Morgan fingerprint density at radius 2 is 1.64 bits per heavy atom. The van der Waals surface area contributed by atoms with Crippen LogP contribution in [-0.2, 0) is 14.8 Å². The van der Waals surface area contributed by atoms with Gasteiger partial charge in [-0.15, -0.1) is 0 Å². The summed E-state index contributed by atoms with van der Waals surface area (Å²) >= 11 is 0. The molecule has 22 heavy (non-hydrogen) atoms. The van der Waals surface area contributed by atoms with Gasteiger partial charge in [0.2, 0.25) is 0 Å². The Kier molecular flexibility index (Phi) is 4.41. The standard InChI is InChI=1S/C14H11F2NO4S/c1-21-14(18)9-5-2-3-8-12(9)22(19,20)17-13-10(15)6-4-7-11(13)16/h2-8,17H,1H3. The van der Waals surface area contributed by atoms with Crippen molar-refractivity contribution in [3.63, 3.8) is 0 Å². The number of carbonyl (C=O) groups excluding carboxylic acids is 1. The molecule has 2 rings (SSSR count). The Labute approximate surface area is 125 Å². The third-order valence-electron chi connectivity index (χ3n) is 2.78. The lowest BCUT2D eigenvalue weighted by atomic mass is 10.2. The topological polar surface area (TPSA) is 72.5 Å². The van der Waals surface area contributed by atoms with Crippen molar-refractivity contribution in [1.82, 2.24) is 0 Å². The fraction of sp³-hybridized carbons (Fsp3) is 0.0714. The molecule has 0 saturated heterocycles. The number of para-hydroxylation sites is 1.